The molecular formula is C24H32N2O5. The van der Waals surface area contributed by atoms with Gasteiger partial charge in [0.2, 0.25) is 5.75 Å². The third-order valence-corrected chi connectivity index (χ3v) is 5.85. The predicted molar refractivity (Wildman–Crippen MR) is 119 cm³/mol. The summed E-state index contributed by atoms with van der Waals surface area (Å²) in [6.07, 6.45) is 2.21. The number of carbonyl (C=O) groups is 1. The zero-order valence-corrected chi connectivity index (χ0v) is 18.8. The lowest BCUT2D eigenvalue weighted by Gasteiger charge is -2.31. The van der Waals surface area contributed by atoms with Gasteiger partial charge in [-0.1, -0.05) is 19.1 Å². The van der Waals surface area contributed by atoms with Crippen LogP contribution in [0.25, 0.3) is 0 Å². The highest BCUT2D eigenvalue weighted by atomic mass is 16.5. The molecule has 1 atom stereocenters. The van der Waals surface area contributed by atoms with Crippen molar-refractivity contribution in [3.63, 3.8) is 0 Å². The highest BCUT2D eigenvalue weighted by Gasteiger charge is 2.28. The van der Waals surface area contributed by atoms with Gasteiger partial charge in [-0.05, 0) is 55.8 Å². The number of benzene rings is 2. The maximum Gasteiger partial charge on any atom is 0.254 e. The summed E-state index contributed by atoms with van der Waals surface area (Å²) in [5.41, 5.74) is 1.44. The summed E-state index contributed by atoms with van der Waals surface area (Å²) in [7, 11) is 4.62. The lowest BCUT2D eigenvalue weighted by atomic mass is 10.1. The van der Waals surface area contributed by atoms with Gasteiger partial charge in [0.1, 0.15) is 5.75 Å². The molecule has 1 saturated heterocycles. The van der Waals surface area contributed by atoms with Crippen LogP contribution in [-0.4, -0.2) is 67.8 Å². The minimum Gasteiger partial charge on any atom is -0.508 e. The van der Waals surface area contributed by atoms with E-state index in [9.17, 15) is 9.90 Å². The number of hydrogen-bond donors (Lipinski definition) is 1. The standard InChI is InChI=1S/C24H32N2O5/c1-5-25-12-6-7-19(25)16-26(15-17-8-10-20(27)11-9-17)24(28)18-13-21(29-2)23(31-4)22(14-18)30-3/h8-11,13-14,19,27H,5-7,12,15-16H2,1-4H3. The number of likely N-dealkylation sites (N-methyl/N-ethyl adjacent to an activating group) is 1. The van der Waals surface area contributed by atoms with Crippen LogP contribution in [0.5, 0.6) is 23.0 Å². The molecule has 0 saturated carbocycles. The van der Waals surface area contributed by atoms with Crippen LogP contribution < -0.4 is 14.2 Å². The van der Waals surface area contributed by atoms with Crippen molar-refractivity contribution in [1.82, 2.24) is 9.80 Å². The first kappa shape index (κ1) is 22.7. The average molecular weight is 429 g/mol. The zero-order chi connectivity index (χ0) is 22.4. The van der Waals surface area contributed by atoms with Crippen LogP contribution in [-0.2, 0) is 6.54 Å². The van der Waals surface area contributed by atoms with Gasteiger partial charge in [0, 0.05) is 24.7 Å². The molecule has 1 N–H and O–H groups in total. The lowest BCUT2D eigenvalue weighted by Crippen LogP contribution is -2.42. The molecule has 3 rings (SSSR count). The summed E-state index contributed by atoms with van der Waals surface area (Å²) in [5, 5.41) is 9.61. The van der Waals surface area contributed by atoms with E-state index in [1.807, 2.05) is 17.0 Å². The van der Waals surface area contributed by atoms with Gasteiger partial charge in [0.25, 0.3) is 5.91 Å². The van der Waals surface area contributed by atoms with Gasteiger partial charge >= 0.3 is 0 Å². The van der Waals surface area contributed by atoms with Crippen LogP contribution in [0.4, 0.5) is 0 Å². The molecule has 7 heteroatoms. The third-order valence-electron chi connectivity index (χ3n) is 5.85. The Balaban J connectivity index is 1.93. The van der Waals surface area contributed by atoms with E-state index in [0.717, 1.165) is 31.5 Å². The second-order valence-electron chi connectivity index (χ2n) is 7.69. The van der Waals surface area contributed by atoms with Crippen molar-refractivity contribution in [3.05, 3.63) is 47.5 Å². The summed E-state index contributed by atoms with van der Waals surface area (Å²) in [6.45, 7) is 5.26. The highest BCUT2D eigenvalue weighted by Crippen LogP contribution is 2.38. The van der Waals surface area contributed by atoms with Crippen molar-refractivity contribution in [3.8, 4) is 23.0 Å². The normalized spacial score (nSPS) is 16.2. The Kier molecular flexibility index (Phi) is 7.63. The maximum absolute atomic E-state index is 13.6. The van der Waals surface area contributed by atoms with Gasteiger partial charge in [-0.15, -0.1) is 0 Å². The van der Waals surface area contributed by atoms with Crippen LogP contribution in [0.1, 0.15) is 35.7 Å². The van der Waals surface area contributed by atoms with Crippen LogP contribution in [0.2, 0.25) is 0 Å². The number of phenolic OH excluding ortho intramolecular Hbond substituents is 1. The Bertz CT molecular complexity index is 859. The fourth-order valence-electron chi connectivity index (χ4n) is 4.20. The van der Waals surface area contributed by atoms with Crippen molar-refractivity contribution >= 4 is 5.91 Å². The largest absolute Gasteiger partial charge is 0.508 e. The molecule has 0 radical (unpaired) electrons. The molecule has 168 valence electrons. The van der Waals surface area contributed by atoms with Crippen molar-refractivity contribution in [1.29, 1.82) is 0 Å². The van der Waals surface area contributed by atoms with E-state index in [0.29, 0.717) is 41.9 Å². The molecule has 0 aliphatic carbocycles. The maximum atomic E-state index is 13.6. The molecule has 31 heavy (non-hydrogen) atoms. The zero-order valence-electron chi connectivity index (χ0n) is 18.8. The molecule has 1 aliphatic rings. The number of amides is 1. The highest BCUT2D eigenvalue weighted by molar-refractivity contribution is 5.95. The third kappa shape index (κ3) is 5.22. The van der Waals surface area contributed by atoms with Gasteiger partial charge < -0.3 is 24.2 Å². The Morgan fingerprint density at radius 2 is 1.74 bits per heavy atom. The number of likely N-dealkylation sites (tertiary alicyclic amines) is 1. The van der Waals surface area contributed by atoms with Crippen molar-refractivity contribution in [2.75, 3.05) is 41.0 Å². The summed E-state index contributed by atoms with van der Waals surface area (Å²) >= 11 is 0. The summed E-state index contributed by atoms with van der Waals surface area (Å²) in [5.74, 6) is 1.46. The minimum absolute atomic E-state index is 0.102. The number of methoxy groups -OCH3 is 3. The number of nitrogens with zero attached hydrogens (tertiary/aromatic N) is 2. The van der Waals surface area contributed by atoms with Crippen LogP contribution in [0.3, 0.4) is 0 Å². The predicted octanol–water partition coefficient (Wildman–Crippen LogP) is 3.54. The summed E-state index contributed by atoms with van der Waals surface area (Å²) < 4.78 is 16.3. The lowest BCUT2D eigenvalue weighted by molar-refractivity contribution is 0.0691. The topological polar surface area (TPSA) is 71.5 Å². The second kappa shape index (κ2) is 10.4. The number of aromatic hydroxyl groups is 1. The first-order chi connectivity index (χ1) is 15.0. The Morgan fingerprint density at radius 1 is 1.10 bits per heavy atom. The first-order valence-corrected chi connectivity index (χ1v) is 10.6. The van der Waals surface area contributed by atoms with E-state index < -0.39 is 0 Å². The van der Waals surface area contributed by atoms with Gasteiger partial charge in [0.05, 0.1) is 21.3 Å². The SMILES string of the molecule is CCN1CCCC1CN(Cc1ccc(O)cc1)C(=O)c1cc(OC)c(OC)c(OC)c1. The van der Waals surface area contributed by atoms with E-state index in [4.69, 9.17) is 14.2 Å². The number of hydrogen-bond acceptors (Lipinski definition) is 6. The van der Waals surface area contributed by atoms with E-state index in [1.54, 1.807) is 31.4 Å². The smallest absolute Gasteiger partial charge is 0.254 e. The molecule has 1 heterocycles. The van der Waals surface area contributed by atoms with Gasteiger partial charge in [-0.2, -0.15) is 0 Å². The van der Waals surface area contributed by atoms with E-state index >= 15 is 0 Å². The molecule has 2 aromatic rings. The molecular weight excluding hydrogens is 396 g/mol. The number of ether oxygens (including phenoxy) is 3. The molecule has 2 aromatic carbocycles. The summed E-state index contributed by atoms with van der Waals surface area (Å²) in [4.78, 5) is 17.9. The number of phenols is 1. The number of carbonyl (C=O) groups excluding carboxylic acids is 1. The fraction of sp³-hybridized carbons (Fsp3) is 0.458. The monoisotopic (exact) mass is 428 g/mol. The average Bonchev–Trinajstić information content (AvgIpc) is 3.25. The molecule has 1 fully saturated rings. The molecule has 1 amide bonds. The van der Waals surface area contributed by atoms with Gasteiger partial charge in [-0.3, -0.25) is 9.69 Å². The van der Waals surface area contributed by atoms with Gasteiger partial charge in [0.15, 0.2) is 11.5 Å². The minimum atomic E-state index is -0.102. The molecule has 1 aliphatic heterocycles. The van der Waals surface area contributed by atoms with E-state index in [2.05, 4.69) is 11.8 Å². The van der Waals surface area contributed by atoms with Crippen molar-refractivity contribution in [2.24, 2.45) is 0 Å². The number of rotatable bonds is 9. The van der Waals surface area contributed by atoms with Gasteiger partial charge in [-0.25, -0.2) is 0 Å². The van der Waals surface area contributed by atoms with Crippen molar-refractivity contribution < 1.29 is 24.1 Å². The van der Waals surface area contributed by atoms with E-state index in [-0.39, 0.29) is 11.7 Å². The van der Waals surface area contributed by atoms with Crippen LogP contribution in [0, 0.1) is 0 Å². The first-order valence-electron chi connectivity index (χ1n) is 10.6. The van der Waals surface area contributed by atoms with Crippen LogP contribution in [0.15, 0.2) is 36.4 Å². The Labute approximate surface area is 184 Å². The molecule has 0 bridgehead atoms. The Hall–Kier alpha value is -2.93. The molecule has 1 unspecified atom stereocenters. The summed E-state index contributed by atoms with van der Waals surface area (Å²) in [6, 6.07) is 10.7. The molecule has 7 nitrogen and oxygen atoms in total. The van der Waals surface area contributed by atoms with E-state index in [1.165, 1.54) is 14.2 Å². The van der Waals surface area contributed by atoms with Crippen molar-refractivity contribution in [2.45, 2.75) is 32.4 Å². The molecule has 0 spiro atoms. The van der Waals surface area contributed by atoms with Crippen LogP contribution >= 0.6 is 0 Å². The second-order valence-corrected chi connectivity index (χ2v) is 7.69. The Morgan fingerprint density at radius 3 is 2.29 bits per heavy atom. The quantitative estimate of drug-likeness (QED) is 0.659. The molecule has 0 aromatic heterocycles. The fourth-order valence-corrected chi connectivity index (χ4v) is 4.20.